The number of rotatable bonds is 3. The molecular formula is C26H18N2S. The van der Waals surface area contributed by atoms with Crippen LogP contribution in [0.5, 0.6) is 0 Å². The van der Waals surface area contributed by atoms with Crippen LogP contribution in [-0.2, 0) is 0 Å². The van der Waals surface area contributed by atoms with Crippen molar-refractivity contribution in [3.05, 3.63) is 108 Å². The van der Waals surface area contributed by atoms with Crippen molar-refractivity contribution in [3.8, 4) is 11.1 Å². The Kier molecular flexibility index (Phi) is 4.51. The molecule has 1 heterocycles. The summed E-state index contributed by atoms with van der Waals surface area (Å²) in [7, 11) is 0. The maximum Gasteiger partial charge on any atom is 0.151 e. The average Bonchev–Trinajstić information content (AvgIpc) is 3.16. The molecule has 0 unspecified atom stereocenters. The predicted octanol–water partition coefficient (Wildman–Crippen LogP) is 7.17. The van der Waals surface area contributed by atoms with Gasteiger partial charge in [0.2, 0.25) is 0 Å². The number of hydrogen-bond acceptors (Lipinski definition) is 2. The van der Waals surface area contributed by atoms with Crippen LogP contribution in [0.1, 0.15) is 11.1 Å². The van der Waals surface area contributed by atoms with E-state index >= 15 is 0 Å². The first kappa shape index (κ1) is 17.5. The lowest BCUT2D eigenvalue weighted by atomic mass is 10.0. The highest BCUT2D eigenvalue weighted by Gasteiger charge is 2.08. The predicted molar refractivity (Wildman–Crippen MR) is 126 cm³/mol. The van der Waals surface area contributed by atoms with Gasteiger partial charge in [-0.05, 0) is 34.9 Å². The lowest BCUT2D eigenvalue weighted by molar-refractivity contribution is 1.42. The second kappa shape index (κ2) is 7.46. The minimum atomic E-state index is 0.263. The molecule has 3 heteroatoms. The summed E-state index contributed by atoms with van der Waals surface area (Å²) >= 11 is 1.82. The zero-order valence-electron chi connectivity index (χ0n) is 15.7. The zero-order valence-corrected chi connectivity index (χ0v) is 16.5. The summed E-state index contributed by atoms with van der Waals surface area (Å²) in [6, 6.07) is 33.1. The molecule has 0 atom stereocenters. The fourth-order valence-electron chi connectivity index (χ4n) is 3.50. The van der Waals surface area contributed by atoms with E-state index < -0.39 is 0 Å². The molecule has 29 heavy (non-hydrogen) atoms. The van der Waals surface area contributed by atoms with Crippen molar-refractivity contribution >= 4 is 43.6 Å². The first-order valence-electron chi connectivity index (χ1n) is 9.48. The van der Waals surface area contributed by atoms with Gasteiger partial charge < -0.3 is 0 Å². The Balaban J connectivity index is 1.48. The van der Waals surface area contributed by atoms with E-state index in [0.29, 0.717) is 0 Å². The van der Waals surface area contributed by atoms with Gasteiger partial charge in [0.1, 0.15) is 0 Å². The van der Waals surface area contributed by atoms with Gasteiger partial charge in [0, 0.05) is 32.0 Å². The molecule has 0 radical (unpaired) electrons. The van der Waals surface area contributed by atoms with Crippen molar-refractivity contribution < 1.29 is 0 Å². The second-order valence-electron chi connectivity index (χ2n) is 6.91. The minimum absolute atomic E-state index is 0.263. The fraction of sp³-hybridized carbons (Fsp3) is 0. The van der Waals surface area contributed by atoms with Gasteiger partial charge in [0.05, 0.1) is 0 Å². The Morgan fingerprint density at radius 2 is 1.45 bits per heavy atom. The largest absolute Gasteiger partial charge is 0.282 e. The van der Waals surface area contributed by atoms with Crippen LogP contribution in [0.4, 0.5) is 0 Å². The molecule has 0 amide bonds. The summed E-state index contributed by atoms with van der Waals surface area (Å²) in [5.74, 6) is 0.263. The molecule has 0 aliphatic carbocycles. The number of thiophene rings is 1. The Hall–Kier alpha value is -3.56. The minimum Gasteiger partial charge on any atom is -0.282 e. The van der Waals surface area contributed by atoms with E-state index in [1.807, 2.05) is 59.9 Å². The summed E-state index contributed by atoms with van der Waals surface area (Å²) < 4.78 is 2.59. The maximum atomic E-state index is 8.35. The lowest BCUT2D eigenvalue weighted by Gasteiger charge is -2.05. The molecule has 0 aliphatic rings. The monoisotopic (exact) mass is 390 g/mol. The van der Waals surface area contributed by atoms with E-state index in [0.717, 1.165) is 22.3 Å². The summed E-state index contributed by atoms with van der Waals surface area (Å²) in [6.07, 6.45) is 1.73. The van der Waals surface area contributed by atoms with Crippen LogP contribution in [0.2, 0.25) is 0 Å². The van der Waals surface area contributed by atoms with E-state index in [1.165, 1.54) is 20.2 Å². The standard InChI is InChI=1S/C26H18N2S/c27-26(28-17-18-7-2-1-3-8-18)21-10-6-9-19(15-21)20-13-14-23-22-11-4-5-12-24(22)29-25(23)16-20/h1-17,27H/b27-26?,28-17+. The van der Waals surface area contributed by atoms with Crippen LogP contribution >= 0.6 is 11.3 Å². The number of amidine groups is 1. The molecule has 0 aliphatic heterocycles. The van der Waals surface area contributed by atoms with Gasteiger partial charge >= 0.3 is 0 Å². The van der Waals surface area contributed by atoms with Gasteiger partial charge in [-0.1, -0.05) is 78.9 Å². The average molecular weight is 391 g/mol. The van der Waals surface area contributed by atoms with E-state index in [-0.39, 0.29) is 5.84 Å². The number of hydrogen-bond donors (Lipinski definition) is 1. The first-order chi connectivity index (χ1) is 14.3. The van der Waals surface area contributed by atoms with Crippen molar-refractivity contribution in [2.75, 3.05) is 0 Å². The van der Waals surface area contributed by atoms with Crippen LogP contribution in [-0.4, -0.2) is 12.1 Å². The van der Waals surface area contributed by atoms with Gasteiger partial charge in [-0.15, -0.1) is 11.3 Å². The Bertz CT molecular complexity index is 1360. The van der Waals surface area contributed by atoms with Gasteiger partial charge in [-0.25, -0.2) is 4.99 Å². The molecule has 0 saturated carbocycles. The van der Waals surface area contributed by atoms with Gasteiger partial charge in [0.25, 0.3) is 0 Å². The number of nitrogens with zero attached hydrogens (tertiary/aromatic N) is 1. The molecule has 0 spiro atoms. The highest BCUT2D eigenvalue weighted by molar-refractivity contribution is 7.25. The molecule has 5 rings (SSSR count). The maximum absolute atomic E-state index is 8.35. The lowest BCUT2D eigenvalue weighted by Crippen LogP contribution is -1.96. The van der Waals surface area contributed by atoms with Crippen molar-refractivity contribution in [1.29, 1.82) is 5.41 Å². The molecule has 1 aromatic heterocycles. The van der Waals surface area contributed by atoms with Crippen molar-refractivity contribution in [2.24, 2.45) is 4.99 Å². The molecule has 138 valence electrons. The quantitative estimate of drug-likeness (QED) is 0.250. The van der Waals surface area contributed by atoms with E-state index in [1.54, 1.807) is 6.21 Å². The molecule has 1 N–H and O–H groups in total. The first-order valence-corrected chi connectivity index (χ1v) is 10.3. The van der Waals surface area contributed by atoms with E-state index in [9.17, 15) is 0 Å². The summed E-state index contributed by atoms with van der Waals surface area (Å²) in [5.41, 5.74) is 4.06. The third-order valence-electron chi connectivity index (χ3n) is 4.99. The van der Waals surface area contributed by atoms with Crippen molar-refractivity contribution in [2.45, 2.75) is 0 Å². The van der Waals surface area contributed by atoms with Gasteiger partial charge in [-0.2, -0.15) is 0 Å². The zero-order chi connectivity index (χ0) is 19.6. The fourth-order valence-corrected chi connectivity index (χ4v) is 4.65. The highest BCUT2D eigenvalue weighted by Crippen LogP contribution is 2.36. The van der Waals surface area contributed by atoms with Crippen LogP contribution in [0, 0.1) is 5.41 Å². The van der Waals surface area contributed by atoms with Crippen LogP contribution in [0.15, 0.2) is 102 Å². The highest BCUT2D eigenvalue weighted by atomic mass is 32.1. The summed E-state index contributed by atoms with van der Waals surface area (Å²) in [6.45, 7) is 0. The van der Waals surface area contributed by atoms with Gasteiger partial charge in [-0.3, -0.25) is 5.41 Å². The SMILES string of the molecule is N=C(/N=C/c1ccccc1)c1cccc(-c2ccc3c(c2)sc2ccccc23)c1. The Morgan fingerprint density at radius 1 is 0.690 bits per heavy atom. The molecule has 2 nitrogen and oxygen atoms in total. The molecule has 0 saturated heterocycles. The van der Waals surface area contributed by atoms with Crippen molar-refractivity contribution in [3.63, 3.8) is 0 Å². The Labute approximate surface area is 173 Å². The van der Waals surface area contributed by atoms with Crippen LogP contribution in [0.3, 0.4) is 0 Å². The molecule has 0 fully saturated rings. The molecular weight excluding hydrogens is 372 g/mol. The second-order valence-corrected chi connectivity index (χ2v) is 7.99. The molecule has 4 aromatic carbocycles. The normalized spacial score (nSPS) is 11.4. The summed E-state index contributed by atoms with van der Waals surface area (Å²) in [5, 5.41) is 11.0. The molecule has 5 aromatic rings. The number of benzene rings is 4. The third-order valence-corrected chi connectivity index (χ3v) is 6.12. The number of aliphatic imine (C=N–C) groups is 1. The van der Waals surface area contributed by atoms with E-state index in [4.69, 9.17) is 5.41 Å². The van der Waals surface area contributed by atoms with Crippen LogP contribution < -0.4 is 0 Å². The number of fused-ring (bicyclic) bond motifs is 3. The van der Waals surface area contributed by atoms with E-state index in [2.05, 4.69) is 53.5 Å². The summed E-state index contributed by atoms with van der Waals surface area (Å²) in [4.78, 5) is 4.34. The third kappa shape index (κ3) is 3.48. The van der Waals surface area contributed by atoms with Gasteiger partial charge in [0.15, 0.2) is 5.84 Å². The smallest absolute Gasteiger partial charge is 0.151 e. The Morgan fingerprint density at radius 3 is 2.34 bits per heavy atom. The number of nitrogens with one attached hydrogen (secondary N) is 1. The van der Waals surface area contributed by atoms with Crippen molar-refractivity contribution in [1.82, 2.24) is 0 Å². The van der Waals surface area contributed by atoms with Crippen LogP contribution in [0.25, 0.3) is 31.3 Å². The topological polar surface area (TPSA) is 36.2 Å². The molecule has 0 bridgehead atoms.